The molecule has 24 heavy (non-hydrogen) atoms. The van der Waals surface area contributed by atoms with E-state index in [4.69, 9.17) is 9.47 Å². The summed E-state index contributed by atoms with van der Waals surface area (Å²) in [4.78, 5) is 27.1. The predicted molar refractivity (Wildman–Crippen MR) is 88.5 cm³/mol. The van der Waals surface area contributed by atoms with E-state index in [1.165, 1.54) is 5.56 Å². The molecule has 1 spiro atoms. The lowest BCUT2D eigenvalue weighted by Gasteiger charge is -2.22. The SMILES string of the molecule is CCOC(=O)C1C2C=CC3(CN(c4ccc(CC)cc4)C(=O)C13)O2. The maximum Gasteiger partial charge on any atom is 0.312 e. The highest BCUT2D eigenvalue weighted by Gasteiger charge is 2.67. The van der Waals surface area contributed by atoms with Crippen molar-refractivity contribution in [3.8, 4) is 0 Å². The molecule has 5 heteroatoms. The van der Waals surface area contributed by atoms with Crippen LogP contribution in [0.3, 0.4) is 0 Å². The third-order valence-electron chi connectivity index (χ3n) is 5.32. The highest BCUT2D eigenvalue weighted by molar-refractivity contribution is 6.02. The number of carbonyl (C=O) groups is 2. The first kappa shape index (κ1) is 15.4. The fourth-order valence-corrected chi connectivity index (χ4v) is 4.14. The summed E-state index contributed by atoms with van der Waals surface area (Å²) in [6.45, 7) is 4.63. The number of ether oxygens (including phenoxy) is 2. The van der Waals surface area contributed by atoms with Gasteiger partial charge in [0.2, 0.25) is 5.91 Å². The van der Waals surface area contributed by atoms with Gasteiger partial charge in [-0.3, -0.25) is 9.59 Å². The zero-order valence-electron chi connectivity index (χ0n) is 13.9. The van der Waals surface area contributed by atoms with Gasteiger partial charge in [-0.25, -0.2) is 0 Å². The Morgan fingerprint density at radius 3 is 2.75 bits per heavy atom. The van der Waals surface area contributed by atoms with E-state index in [2.05, 4.69) is 6.92 Å². The van der Waals surface area contributed by atoms with E-state index in [0.29, 0.717) is 13.2 Å². The summed E-state index contributed by atoms with van der Waals surface area (Å²) >= 11 is 0. The highest BCUT2D eigenvalue weighted by atomic mass is 16.6. The van der Waals surface area contributed by atoms with Crippen molar-refractivity contribution >= 4 is 17.6 Å². The Hall–Kier alpha value is -2.14. The Morgan fingerprint density at radius 2 is 2.08 bits per heavy atom. The van der Waals surface area contributed by atoms with Crippen molar-refractivity contribution in [3.63, 3.8) is 0 Å². The summed E-state index contributed by atoms with van der Waals surface area (Å²) < 4.78 is 11.2. The fourth-order valence-electron chi connectivity index (χ4n) is 4.14. The maximum absolute atomic E-state index is 13.0. The Bertz CT molecular complexity index is 711. The molecule has 0 radical (unpaired) electrons. The van der Waals surface area contributed by atoms with Gasteiger partial charge < -0.3 is 14.4 Å². The lowest BCUT2D eigenvalue weighted by atomic mass is 9.77. The zero-order valence-corrected chi connectivity index (χ0v) is 13.9. The summed E-state index contributed by atoms with van der Waals surface area (Å²) in [5.74, 6) is -1.42. The smallest absolute Gasteiger partial charge is 0.312 e. The van der Waals surface area contributed by atoms with Crippen LogP contribution in [-0.4, -0.2) is 36.7 Å². The number of benzene rings is 1. The summed E-state index contributed by atoms with van der Waals surface area (Å²) in [7, 11) is 0. The van der Waals surface area contributed by atoms with Crippen LogP contribution in [0.15, 0.2) is 36.4 Å². The number of carbonyl (C=O) groups excluding carboxylic acids is 2. The molecule has 1 amide bonds. The summed E-state index contributed by atoms with van der Waals surface area (Å²) in [6, 6.07) is 7.99. The number of hydrogen-bond acceptors (Lipinski definition) is 4. The second-order valence-electron chi connectivity index (χ2n) is 6.60. The lowest BCUT2D eigenvalue weighted by Crippen LogP contribution is -2.40. The van der Waals surface area contributed by atoms with E-state index in [1.54, 1.807) is 11.8 Å². The standard InChI is InChI=1S/C19H21NO4/c1-3-12-5-7-13(8-6-12)20-11-19-10-9-14(24-19)15(16(19)17(20)21)18(22)23-4-2/h5-10,14-16H,3-4,11H2,1-2H3. The molecule has 2 saturated heterocycles. The van der Waals surface area contributed by atoms with Crippen LogP contribution in [0.1, 0.15) is 19.4 Å². The van der Waals surface area contributed by atoms with E-state index in [-0.39, 0.29) is 18.0 Å². The van der Waals surface area contributed by atoms with Crippen molar-refractivity contribution in [2.45, 2.75) is 32.0 Å². The van der Waals surface area contributed by atoms with E-state index in [9.17, 15) is 9.59 Å². The second-order valence-corrected chi connectivity index (χ2v) is 6.60. The Labute approximate surface area is 141 Å². The van der Waals surface area contributed by atoms with E-state index >= 15 is 0 Å². The molecular formula is C19H21NO4. The van der Waals surface area contributed by atoms with Crippen molar-refractivity contribution in [3.05, 3.63) is 42.0 Å². The van der Waals surface area contributed by atoms with Crippen LogP contribution >= 0.6 is 0 Å². The van der Waals surface area contributed by atoms with Gasteiger partial charge in [0.1, 0.15) is 11.5 Å². The molecule has 4 atom stereocenters. The zero-order chi connectivity index (χ0) is 16.9. The van der Waals surface area contributed by atoms with Gasteiger partial charge in [-0.05, 0) is 31.0 Å². The first-order valence-corrected chi connectivity index (χ1v) is 8.54. The molecule has 0 saturated carbocycles. The highest BCUT2D eigenvalue weighted by Crippen LogP contribution is 2.52. The van der Waals surface area contributed by atoms with Crippen LogP contribution in [0.2, 0.25) is 0 Å². The van der Waals surface area contributed by atoms with Gasteiger partial charge in [0.05, 0.1) is 25.2 Å². The van der Waals surface area contributed by atoms with Crippen LogP contribution in [0, 0.1) is 11.8 Å². The van der Waals surface area contributed by atoms with Crippen LogP contribution in [-0.2, 0) is 25.5 Å². The molecule has 4 rings (SSSR count). The van der Waals surface area contributed by atoms with E-state index < -0.39 is 17.4 Å². The first-order valence-electron chi connectivity index (χ1n) is 8.54. The lowest BCUT2D eigenvalue weighted by molar-refractivity contribution is -0.151. The van der Waals surface area contributed by atoms with E-state index in [0.717, 1.165) is 12.1 Å². The van der Waals surface area contributed by atoms with Gasteiger partial charge in [-0.1, -0.05) is 31.2 Å². The minimum Gasteiger partial charge on any atom is -0.466 e. The molecular weight excluding hydrogens is 306 g/mol. The largest absolute Gasteiger partial charge is 0.466 e. The summed E-state index contributed by atoms with van der Waals surface area (Å²) in [5, 5.41) is 0. The molecule has 0 aromatic heterocycles. The van der Waals surface area contributed by atoms with Crippen molar-refractivity contribution in [2.24, 2.45) is 11.8 Å². The molecule has 1 aromatic carbocycles. The molecule has 3 aliphatic rings. The average molecular weight is 327 g/mol. The number of anilines is 1. The van der Waals surface area contributed by atoms with Gasteiger partial charge in [-0.15, -0.1) is 0 Å². The Morgan fingerprint density at radius 1 is 1.33 bits per heavy atom. The Kier molecular flexibility index (Phi) is 3.49. The minimum atomic E-state index is -0.692. The molecule has 2 fully saturated rings. The second kappa shape index (κ2) is 5.45. The molecule has 3 aliphatic heterocycles. The van der Waals surface area contributed by atoms with Crippen molar-refractivity contribution in [1.29, 1.82) is 0 Å². The summed E-state index contributed by atoms with van der Waals surface area (Å²) in [5.41, 5.74) is 1.39. The van der Waals surface area contributed by atoms with Crippen LogP contribution in [0.25, 0.3) is 0 Å². The molecule has 4 unspecified atom stereocenters. The van der Waals surface area contributed by atoms with Gasteiger partial charge >= 0.3 is 5.97 Å². The predicted octanol–water partition coefficient (Wildman–Crippen LogP) is 2.10. The molecule has 5 nitrogen and oxygen atoms in total. The molecule has 1 aromatic rings. The maximum atomic E-state index is 13.0. The normalized spacial score (nSPS) is 33.2. The van der Waals surface area contributed by atoms with Gasteiger partial charge in [0.25, 0.3) is 0 Å². The topological polar surface area (TPSA) is 55.8 Å². The fraction of sp³-hybridized carbons (Fsp3) is 0.474. The molecule has 0 N–H and O–H groups in total. The van der Waals surface area contributed by atoms with Crippen LogP contribution in [0.4, 0.5) is 5.69 Å². The molecule has 2 bridgehead atoms. The summed E-state index contributed by atoms with van der Waals surface area (Å²) in [6.07, 6.45) is 4.47. The third kappa shape index (κ3) is 2.04. The number of rotatable bonds is 4. The number of hydrogen-bond donors (Lipinski definition) is 0. The van der Waals surface area contributed by atoms with Crippen LogP contribution in [0.5, 0.6) is 0 Å². The number of nitrogens with zero attached hydrogens (tertiary/aromatic N) is 1. The monoisotopic (exact) mass is 327 g/mol. The average Bonchev–Trinajstić information content (AvgIpc) is 3.23. The molecule has 0 aliphatic carbocycles. The Balaban J connectivity index is 1.65. The number of esters is 1. The number of aryl methyl sites for hydroxylation is 1. The first-order chi connectivity index (χ1) is 11.6. The van der Waals surface area contributed by atoms with Gasteiger partial charge in [0, 0.05) is 5.69 Å². The van der Waals surface area contributed by atoms with Crippen molar-refractivity contribution in [2.75, 3.05) is 18.1 Å². The van der Waals surface area contributed by atoms with Gasteiger partial charge in [0.15, 0.2) is 0 Å². The van der Waals surface area contributed by atoms with E-state index in [1.807, 2.05) is 36.4 Å². The third-order valence-corrected chi connectivity index (χ3v) is 5.32. The van der Waals surface area contributed by atoms with Gasteiger partial charge in [-0.2, -0.15) is 0 Å². The molecule has 3 heterocycles. The van der Waals surface area contributed by atoms with Crippen molar-refractivity contribution in [1.82, 2.24) is 0 Å². The minimum absolute atomic E-state index is 0.0517. The molecule has 126 valence electrons. The van der Waals surface area contributed by atoms with Crippen LogP contribution < -0.4 is 4.90 Å². The van der Waals surface area contributed by atoms with Crippen molar-refractivity contribution < 1.29 is 19.1 Å². The number of fused-ring (bicyclic) bond motifs is 1. The quantitative estimate of drug-likeness (QED) is 0.628. The number of amides is 1.